The highest BCUT2D eigenvalue weighted by Crippen LogP contribution is 2.12. The molecule has 1 heterocycles. The number of hydrogen-bond acceptors (Lipinski definition) is 1. The van der Waals surface area contributed by atoms with Crippen molar-refractivity contribution in [1.82, 2.24) is 9.97 Å². The Kier molecular flexibility index (Phi) is 2.85. The van der Waals surface area contributed by atoms with E-state index in [4.69, 9.17) is 0 Å². The van der Waals surface area contributed by atoms with Crippen LogP contribution >= 0.6 is 15.9 Å². The van der Waals surface area contributed by atoms with Crippen LogP contribution in [0, 0.1) is 11.8 Å². The zero-order valence-corrected chi connectivity index (χ0v) is 9.13. The van der Waals surface area contributed by atoms with Crippen molar-refractivity contribution in [3.05, 3.63) is 30.1 Å². The third-order valence-corrected chi connectivity index (χ3v) is 2.29. The van der Waals surface area contributed by atoms with Gasteiger partial charge >= 0.3 is 0 Å². The average molecular weight is 249 g/mol. The third kappa shape index (κ3) is 1.80. The number of fused-ring (bicyclic) bond motifs is 1. The number of nitrogens with one attached hydrogen (secondary N) is 1. The maximum atomic E-state index is 4.23. The van der Waals surface area contributed by atoms with Crippen molar-refractivity contribution < 1.29 is 0 Å². The van der Waals surface area contributed by atoms with Crippen molar-refractivity contribution in [3.63, 3.8) is 0 Å². The molecule has 1 aromatic heterocycles. The lowest BCUT2D eigenvalue weighted by atomic mass is 10.2. The van der Waals surface area contributed by atoms with Crippen molar-refractivity contribution in [1.29, 1.82) is 0 Å². The van der Waals surface area contributed by atoms with Crippen LogP contribution in [0.2, 0.25) is 0 Å². The van der Waals surface area contributed by atoms with Gasteiger partial charge in [0.1, 0.15) is 5.52 Å². The second kappa shape index (κ2) is 4.30. The molecule has 0 aliphatic carbocycles. The number of para-hydroxylation sites is 1. The molecule has 0 spiro atoms. The van der Waals surface area contributed by atoms with Crippen molar-refractivity contribution in [2.24, 2.45) is 0 Å². The van der Waals surface area contributed by atoms with Crippen LogP contribution in [-0.2, 0) is 0 Å². The summed E-state index contributed by atoms with van der Waals surface area (Å²) in [4.78, 5) is 7.29. The maximum Gasteiger partial charge on any atom is 0.104 e. The van der Waals surface area contributed by atoms with Crippen LogP contribution in [0.5, 0.6) is 0 Å². The number of H-pyrrole nitrogens is 1. The lowest BCUT2D eigenvalue weighted by molar-refractivity contribution is 1.32. The largest absolute Gasteiger partial charge is 0.345 e. The summed E-state index contributed by atoms with van der Waals surface area (Å²) in [5.41, 5.74) is 2.98. The van der Waals surface area contributed by atoms with Gasteiger partial charge in [-0.1, -0.05) is 33.8 Å². The van der Waals surface area contributed by atoms with Gasteiger partial charge in [0.15, 0.2) is 0 Å². The van der Waals surface area contributed by atoms with Gasteiger partial charge in [0, 0.05) is 11.8 Å². The number of rotatable bonds is 1. The molecular weight excluding hydrogens is 240 g/mol. The summed E-state index contributed by atoms with van der Waals surface area (Å²) in [5, 5.41) is 0.913. The first kappa shape index (κ1) is 9.29. The minimum atomic E-state index is 0.862. The first-order valence-corrected chi connectivity index (χ1v) is 5.51. The minimum Gasteiger partial charge on any atom is -0.345 e. The Morgan fingerprint density at radius 3 is 3.21 bits per heavy atom. The monoisotopic (exact) mass is 248 g/mol. The number of aromatic amines is 1. The number of imidazole rings is 1. The van der Waals surface area contributed by atoms with E-state index < -0.39 is 0 Å². The van der Waals surface area contributed by atoms with Gasteiger partial charge in [-0.25, -0.2) is 4.98 Å². The second-order valence-corrected chi connectivity index (χ2v) is 3.64. The number of alkyl halides is 1. The zero-order valence-electron chi connectivity index (χ0n) is 7.55. The molecule has 0 unspecified atom stereocenters. The fourth-order valence-electron chi connectivity index (χ4n) is 1.27. The van der Waals surface area contributed by atoms with Gasteiger partial charge in [-0.2, -0.15) is 0 Å². The van der Waals surface area contributed by atoms with Crippen molar-refractivity contribution >= 4 is 27.0 Å². The molecule has 0 saturated heterocycles. The first-order valence-electron chi connectivity index (χ1n) is 4.39. The van der Waals surface area contributed by atoms with Crippen molar-refractivity contribution in [2.75, 3.05) is 5.33 Å². The quantitative estimate of drug-likeness (QED) is 0.611. The molecule has 1 N–H and O–H groups in total. The highest BCUT2D eigenvalue weighted by atomic mass is 79.9. The lowest BCUT2D eigenvalue weighted by Crippen LogP contribution is -1.78. The Labute approximate surface area is 90.9 Å². The molecule has 0 bridgehead atoms. The van der Waals surface area contributed by atoms with E-state index in [9.17, 15) is 0 Å². The number of benzene rings is 1. The Bertz CT molecular complexity index is 490. The summed E-state index contributed by atoms with van der Waals surface area (Å²) in [7, 11) is 0. The molecule has 1 aromatic carbocycles. The molecule has 0 atom stereocenters. The van der Waals surface area contributed by atoms with Gasteiger partial charge < -0.3 is 4.98 Å². The highest BCUT2D eigenvalue weighted by Gasteiger charge is 1.98. The van der Waals surface area contributed by atoms with E-state index in [-0.39, 0.29) is 0 Å². The van der Waals surface area contributed by atoms with Crippen LogP contribution in [0.1, 0.15) is 12.0 Å². The Morgan fingerprint density at radius 2 is 2.36 bits per heavy atom. The van der Waals surface area contributed by atoms with E-state index in [1.54, 1.807) is 6.33 Å². The molecule has 70 valence electrons. The summed E-state index contributed by atoms with van der Waals surface area (Å²) in [6, 6.07) is 5.97. The summed E-state index contributed by atoms with van der Waals surface area (Å²) in [6.07, 6.45) is 2.56. The molecule has 2 nitrogen and oxygen atoms in total. The molecule has 0 aliphatic rings. The molecule has 0 aliphatic heterocycles. The Morgan fingerprint density at radius 1 is 1.43 bits per heavy atom. The molecule has 2 rings (SSSR count). The van der Waals surface area contributed by atoms with E-state index in [2.05, 4.69) is 37.7 Å². The Balaban J connectivity index is 2.43. The SMILES string of the molecule is BrCCC#Cc1cccc2[nH]cnc12. The van der Waals surface area contributed by atoms with Crippen LogP contribution in [0.25, 0.3) is 11.0 Å². The summed E-state index contributed by atoms with van der Waals surface area (Å²) < 4.78 is 0. The van der Waals surface area contributed by atoms with Crippen LogP contribution in [0.3, 0.4) is 0 Å². The van der Waals surface area contributed by atoms with Gasteiger partial charge in [0.05, 0.1) is 17.4 Å². The normalized spacial score (nSPS) is 9.79. The predicted molar refractivity (Wildman–Crippen MR) is 61.4 cm³/mol. The van der Waals surface area contributed by atoms with Crippen molar-refractivity contribution in [2.45, 2.75) is 6.42 Å². The molecular formula is C11H9BrN2. The van der Waals surface area contributed by atoms with Crippen LogP contribution in [-0.4, -0.2) is 15.3 Å². The van der Waals surface area contributed by atoms with Crippen molar-refractivity contribution in [3.8, 4) is 11.8 Å². The molecule has 2 aromatic rings. The van der Waals surface area contributed by atoms with Crippen LogP contribution in [0.15, 0.2) is 24.5 Å². The molecule has 3 heteroatoms. The third-order valence-electron chi connectivity index (χ3n) is 1.89. The number of halogens is 1. The second-order valence-electron chi connectivity index (χ2n) is 2.85. The number of aromatic nitrogens is 2. The summed E-state index contributed by atoms with van der Waals surface area (Å²) in [5.74, 6) is 6.19. The van der Waals surface area contributed by atoms with Crippen LogP contribution in [0.4, 0.5) is 0 Å². The minimum absolute atomic E-state index is 0.862. The fourth-order valence-corrected chi connectivity index (χ4v) is 1.47. The molecule has 0 radical (unpaired) electrons. The fraction of sp³-hybridized carbons (Fsp3) is 0.182. The zero-order chi connectivity index (χ0) is 9.80. The lowest BCUT2D eigenvalue weighted by Gasteiger charge is -1.91. The van der Waals surface area contributed by atoms with E-state index in [1.165, 1.54) is 0 Å². The Hall–Kier alpha value is -1.27. The van der Waals surface area contributed by atoms with Gasteiger partial charge in [0.25, 0.3) is 0 Å². The van der Waals surface area contributed by atoms with E-state index >= 15 is 0 Å². The van der Waals surface area contributed by atoms with Gasteiger partial charge in [-0.3, -0.25) is 0 Å². The smallest absolute Gasteiger partial charge is 0.104 e. The average Bonchev–Trinajstić information content (AvgIpc) is 2.67. The number of hydrogen-bond donors (Lipinski definition) is 1. The first-order chi connectivity index (χ1) is 6.92. The summed E-state index contributed by atoms with van der Waals surface area (Å²) >= 11 is 3.34. The number of nitrogens with zero attached hydrogens (tertiary/aromatic N) is 1. The molecule has 0 fully saturated rings. The highest BCUT2D eigenvalue weighted by molar-refractivity contribution is 9.09. The van der Waals surface area contributed by atoms with E-state index in [0.717, 1.165) is 28.3 Å². The topological polar surface area (TPSA) is 28.7 Å². The van der Waals surface area contributed by atoms with Gasteiger partial charge in [-0.05, 0) is 12.1 Å². The van der Waals surface area contributed by atoms with E-state index in [1.807, 2.05) is 18.2 Å². The van der Waals surface area contributed by atoms with Gasteiger partial charge in [-0.15, -0.1) is 0 Å². The molecule has 0 amide bonds. The van der Waals surface area contributed by atoms with E-state index in [0.29, 0.717) is 0 Å². The molecule has 0 saturated carbocycles. The standard InChI is InChI=1S/C11H9BrN2/c12-7-2-1-4-9-5-3-6-10-11(9)14-8-13-10/h3,5-6,8H,2,7H2,(H,13,14). The maximum absolute atomic E-state index is 4.23. The predicted octanol–water partition coefficient (Wildman–Crippen LogP) is 2.70. The van der Waals surface area contributed by atoms with Crippen LogP contribution < -0.4 is 0 Å². The van der Waals surface area contributed by atoms with Gasteiger partial charge in [0.2, 0.25) is 0 Å². The molecule has 14 heavy (non-hydrogen) atoms. The summed E-state index contributed by atoms with van der Waals surface area (Å²) in [6.45, 7) is 0.